The number of imide groups is 1. The van der Waals surface area contributed by atoms with Crippen LogP contribution in [0.4, 0.5) is 0 Å². The molecule has 1 aliphatic heterocycles. The number of ether oxygens (including phenoxy) is 1. The van der Waals surface area contributed by atoms with Gasteiger partial charge < -0.3 is 14.2 Å². The average molecular weight is 426 g/mol. The Morgan fingerprint density at radius 3 is 2.42 bits per heavy atom. The van der Waals surface area contributed by atoms with Gasteiger partial charge in [-0.05, 0) is 37.1 Å². The second-order valence-electron chi connectivity index (χ2n) is 8.07. The molecule has 9 heteroatoms. The fourth-order valence-electron chi connectivity index (χ4n) is 4.32. The molecule has 2 atom stereocenters. The number of carbonyl (C=O) groups is 3. The lowest BCUT2D eigenvalue weighted by Crippen LogP contribution is -2.36. The second-order valence-corrected chi connectivity index (χ2v) is 8.07. The van der Waals surface area contributed by atoms with Gasteiger partial charge in [-0.3, -0.25) is 19.3 Å². The Balaban J connectivity index is 1.31. The van der Waals surface area contributed by atoms with E-state index >= 15 is 0 Å². The summed E-state index contributed by atoms with van der Waals surface area (Å²) in [6.07, 6.45) is 3.59. The van der Waals surface area contributed by atoms with E-state index in [4.69, 9.17) is 9.26 Å². The van der Waals surface area contributed by atoms with E-state index in [0.29, 0.717) is 11.7 Å². The van der Waals surface area contributed by atoms with E-state index in [1.807, 2.05) is 12.1 Å². The van der Waals surface area contributed by atoms with Crippen LogP contribution in [0.25, 0.3) is 11.4 Å². The SMILES string of the molecule is COc1ccc(-c2noc(CN(C)C(=O)CCN3C(=O)[C@H]4CCCC[C@H]4C3=O)n2)cc1. The fraction of sp³-hybridized carbons (Fsp3) is 0.500. The number of carbonyl (C=O) groups excluding carboxylic acids is 3. The van der Waals surface area contributed by atoms with Crippen molar-refractivity contribution in [2.24, 2.45) is 11.8 Å². The fourth-order valence-corrected chi connectivity index (χ4v) is 4.32. The predicted octanol–water partition coefficient (Wildman–Crippen LogP) is 2.27. The number of methoxy groups -OCH3 is 1. The summed E-state index contributed by atoms with van der Waals surface area (Å²) in [6, 6.07) is 7.25. The van der Waals surface area contributed by atoms with Crippen LogP contribution < -0.4 is 4.74 Å². The molecule has 31 heavy (non-hydrogen) atoms. The van der Waals surface area contributed by atoms with E-state index in [1.165, 1.54) is 9.80 Å². The lowest BCUT2D eigenvalue weighted by molar-refractivity contribution is -0.140. The summed E-state index contributed by atoms with van der Waals surface area (Å²) in [5, 5.41) is 3.96. The Labute approximate surface area is 180 Å². The molecule has 0 unspecified atom stereocenters. The third-order valence-corrected chi connectivity index (χ3v) is 6.10. The quantitative estimate of drug-likeness (QED) is 0.625. The van der Waals surface area contributed by atoms with Crippen LogP contribution in [0.3, 0.4) is 0 Å². The molecule has 1 aromatic carbocycles. The highest BCUT2D eigenvalue weighted by molar-refractivity contribution is 6.05. The first-order chi connectivity index (χ1) is 15.0. The van der Waals surface area contributed by atoms with Crippen LogP contribution in [0.15, 0.2) is 28.8 Å². The number of rotatable bonds is 7. The Hall–Kier alpha value is -3.23. The van der Waals surface area contributed by atoms with Gasteiger partial charge in [0.2, 0.25) is 29.4 Å². The second kappa shape index (κ2) is 8.87. The van der Waals surface area contributed by atoms with Crippen molar-refractivity contribution in [3.05, 3.63) is 30.2 Å². The maximum Gasteiger partial charge on any atom is 0.246 e. The third-order valence-electron chi connectivity index (χ3n) is 6.10. The zero-order valence-corrected chi connectivity index (χ0v) is 17.7. The summed E-state index contributed by atoms with van der Waals surface area (Å²) in [5.41, 5.74) is 0.775. The zero-order valence-electron chi connectivity index (χ0n) is 17.7. The van der Waals surface area contributed by atoms with Gasteiger partial charge in [0.15, 0.2) is 0 Å². The van der Waals surface area contributed by atoms with Crippen molar-refractivity contribution in [1.82, 2.24) is 19.9 Å². The molecule has 0 radical (unpaired) electrons. The highest BCUT2D eigenvalue weighted by Crippen LogP contribution is 2.38. The molecular weight excluding hydrogens is 400 g/mol. The number of fused-ring (bicyclic) bond motifs is 1. The number of likely N-dealkylation sites (tertiary alicyclic amines) is 1. The highest BCUT2D eigenvalue weighted by atomic mass is 16.5. The van der Waals surface area contributed by atoms with Crippen LogP contribution in [0.1, 0.15) is 38.0 Å². The van der Waals surface area contributed by atoms with Gasteiger partial charge >= 0.3 is 0 Å². The van der Waals surface area contributed by atoms with Crippen molar-refractivity contribution >= 4 is 17.7 Å². The molecule has 3 amide bonds. The smallest absolute Gasteiger partial charge is 0.246 e. The molecule has 1 saturated heterocycles. The predicted molar refractivity (Wildman–Crippen MR) is 110 cm³/mol. The molecule has 164 valence electrons. The molecule has 2 fully saturated rings. The summed E-state index contributed by atoms with van der Waals surface area (Å²) in [4.78, 5) is 44.7. The van der Waals surface area contributed by atoms with Gasteiger partial charge in [-0.25, -0.2) is 0 Å². The molecule has 0 N–H and O–H groups in total. The summed E-state index contributed by atoms with van der Waals surface area (Å²) in [7, 11) is 3.23. The number of aromatic nitrogens is 2. The first kappa shape index (κ1) is 21.0. The number of benzene rings is 1. The average Bonchev–Trinajstić information content (AvgIpc) is 3.35. The third kappa shape index (κ3) is 4.30. The highest BCUT2D eigenvalue weighted by Gasteiger charge is 2.47. The van der Waals surface area contributed by atoms with Gasteiger partial charge in [-0.1, -0.05) is 18.0 Å². The minimum absolute atomic E-state index is 0.0763. The lowest BCUT2D eigenvalue weighted by atomic mass is 9.81. The summed E-state index contributed by atoms with van der Waals surface area (Å²) in [5.74, 6) is 0.646. The van der Waals surface area contributed by atoms with Crippen LogP contribution in [0.2, 0.25) is 0 Å². The topological polar surface area (TPSA) is 106 Å². The Morgan fingerprint density at radius 1 is 1.16 bits per heavy atom. The molecule has 1 aromatic heterocycles. The minimum atomic E-state index is -0.195. The maximum absolute atomic E-state index is 12.6. The van der Waals surface area contributed by atoms with Crippen molar-refractivity contribution in [2.45, 2.75) is 38.6 Å². The van der Waals surface area contributed by atoms with Gasteiger partial charge in [0, 0.05) is 25.6 Å². The molecule has 9 nitrogen and oxygen atoms in total. The molecular formula is C22H26N4O5. The van der Waals surface area contributed by atoms with Gasteiger partial charge in [-0.2, -0.15) is 4.98 Å². The van der Waals surface area contributed by atoms with Gasteiger partial charge in [-0.15, -0.1) is 0 Å². The van der Waals surface area contributed by atoms with E-state index in [9.17, 15) is 14.4 Å². The van der Waals surface area contributed by atoms with Crippen LogP contribution in [-0.2, 0) is 20.9 Å². The molecule has 2 heterocycles. The van der Waals surface area contributed by atoms with Crippen molar-refractivity contribution in [1.29, 1.82) is 0 Å². The molecule has 2 aromatic rings. The first-order valence-corrected chi connectivity index (χ1v) is 10.5. The van der Waals surface area contributed by atoms with Crippen molar-refractivity contribution in [2.75, 3.05) is 20.7 Å². The van der Waals surface area contributed by atoms with Crippen molar-refractivity contribution in [3.63, 3.8) is 0 Å². The Kier molecular flexibility index (Phi) is 6.01. The minimum Gasteiger partial charge on any atom is -0.497 e. The molecule has 2 aliphatic rings. The van der Waals surface area contributed by atoms with E-state index in [1.54, 1.807) is 26.3 Å². The molecule has 0 spiro atoms. The lowest BCUT2D eigenvalue weighted by Gasteiger charge is -2.19. The zero-order chi connectivity index (χ0) is 22.0. The summed E-state index contributed by atoms with van der Waals surface area (Å²) in [6.45, 7) is 0.268. The molecule has 4 rings (SSSR count). The number of amides is 3. The van der Waals surface area contributed by atoms with E-state index in [2.05, 4.69) is 10.1 Å². The molecule has 1 saturated carbocycles. The largest absolute Gasteiger partial charge is 0.497 e. The normalized spacial score (nSPS) is 20.6. The Bertz CT molecular complexity index is 947. The standard InChI is InChI=1S/C22H26N4O5/c1-25(13-18-23-20(24-31-18)14-7-9-15(30-2)10-8-14)19(27)11-12-26-21(28)16-5-3-4-6-17(16)22(26)29/h7-10,16-17H,3-6,11-13H2,1-2H3/t16-,17+. The van der Waals surface area contributed by atoms with E-state index in [0.717, 1.165) is 37.0 Å². The van der Waals surface area contributed by atoms with Gasteiger partial charge in [0.1, 0.15) is 5.75 Å². The number of hydrogen-bond donors (Lipinski definition) is 0. The monoisotopic (exact) mass is 426 g/mol. The van der Waals surface area contributed by atoms with E-state index < -0.39 is 0 Å². The van der Waals surface area contributed by atoms with Crippen LogP contribution in [0.5, 0.6) is 5.75 Å². The van der Waals surface area contributed by atoms with Gasteiger partial charge in [0.25, 0.3) is 0 Å². The molecule has 0 bridgehead atoms. The Morgan fingerprint density at radius 2 is 1.81 bits per heavy atom. The van der Waals surface area contributed by atoms with Crippen LogP contribution in [0, 0.1) is 11.8 Å². The summed E-state index contributed by atoms with van der Waals surface area (Å²) < 4.78 is 10.4. The van der Waals surface area contributed by atoms with Crippen molar-refractivity contribution < 1.29 is 23.6 Å². The number of hydrogen-bond acceptors (Lipinski definition) is 7. The van der Waals surface area contributed by atoms with Crippen molar-refractivity contribution in [3.8, 4) is 17.1 Å². The molecule has 1 aliphatic carbocycles. The summed E-state index contributed by atoms with van der Waals surface area (Å²) >= 11 is 0. The number of nitrogens with zero attached hydrogens (tertiary/aromatic N) is 4. The maximum atomic E-state index is 12.6. The van der Waals surface area contributed by atoms with Crippen LogP contribution in [-0.4, -0.2) is 58.4 Å². The van der Waals surface area contributed by atoms with Gasteiger partial charge in [0.05, 0.1) is 25.5 Å². The van der Waals surface area contributed by atoms with E-state index in [-0.39, 0.29) is 49.1 Å². The first-order valence-electron chi connectivity index (χ1n) is 10.5. The van der Waals surface area contributed by atoms with Crippen LogP contribution >= 0.6 is 0 Å².